The average molecular weight is 332 g/mol. The summed E-state index contributed by atoms with van der Waals surface area (Å²) in [5, 5.41) is 19.9. The van der Waals surface area contributed by atoms with Crippen molar-refractivity contribution < 1.29 is 23.9 Å². The molecular weight excluding hydrogens is 318 g/mol. The van der Waals surface area contributed by atoms with Crippen molar-refractivity contribution >= 4 is 22.7 Å². The van der Waals surface area contributed by atoms with Gasteiger partial charge in [-0.15, -0.1) is 0 Å². The van der Waals surface area contributed by atoms with Gasteiger partial charge in [-0.25, -0.2) is 9.86 Å². The molecule has 2 aromatic carbocycles. The van der Waals surface area contributed by atoms with Gasteiger partial charge in [0.25, 0.3) is 0 Å². The van der Waals surface area contributed by atoms with Crippen LogP contribution in [0.3, 0.4) is 0 Å². The Hall–Kier alpha value is -2.22. The third kappa shape index (κ3) is 3.12. The van der Waals surface area contributed by atoms with Crippen LogP contribution in [0.15, 0.2) is 42.5 Å². The summed E-state index contributed by atoms with van der Waals surface area (Å²) < 4.78 is 21.4. The fraction of sp³-hybridized carbons (Fsp3) is 0.188. The standard InChI is InChI=1S/C16H15NO5S/c18-16(19)15-8-13-6-5-12(7-14(13)17(15)20)11-3-1-10(2-4-11)9-23(21)22/h1-7,15,20H,8-9H2,(H,18,19)(H,21,22)/p-1. The van der Waals surface area contributed by atoms with E-state index in [1.54, 1.807) is 36.4 Å². The number of anilines is 1. The van der Waals surface area contributed by atoms with Gasteiger partial charge in [0.05, 0.1) is 5.69 Å². The van der Waals surface area contributed by atoms with Crippen LogP contribution < -0.4 is 5.06 Å². The van der Waals surface area contributed by atoms with Crippen molar-refractivity contribution in [3.63, 3.8) is 0 Å². The van der Waals surface area contributed by atoms with E-state index in [2.05, 4.69) is 0 Å². The highest BCUT2D eigenvalue weighted by molar-refractivity contribution is 7.78. The number of benzene rings is 2. The first kappa shape index (κ1) is 15.7. The van der Waals surface area contributed by atoms with Gasteiger partial charge in [0.15, 0.2) is 6.04 Å². The highest BCUT2D eigenvalue weighted by Gasteiger charge is 2.33. The Morgan fingerprint density at radius 3 is 2.48 bits per heavy atom. The molecule has 2 N–H and O–H groups in total. The van der Waals surface area contributed by atoms with Crippen LogP contribution in [0.5, 0.6) is 0 Å². The second-order valence-electron chi connectivity index (χ2n) is 5.39. The summed E-state index contributed by atoms with van der Waals surface area (Å²) in [6.07, 6.45) is 0.260. The van der Waals surface area contributed by atoms with Crippen LogP contribution in [0.4, 0.5) is 5.69 Å². The Labute approximate surface area is 135 Å². The van der Waals surface area contributed by atoms with Gasteiger partial charge in [0.1, 0.15) is 0 Å². The topological polar surface area (TPSA) is 101 Å². The van der Waals surface area contributed by atoms with Crippen molar-refractivity contribution in [2.75, 3.05) is 5.06 Å². The molecule has 23 heavy (non-hydrogen) atoms. The molecule has 1 aliphatic heterocycles. The Morgan fingerprint density at radius 2 is 1.87 bits per heavy atom. The van der Waals surface area contributed by atoms with E-state index in [4.69, 9.17) is 5.11 Å². The molecule has 0 saturated heterocycles. The lowest BCUT2D eigenvalue weighted by atomic mass is 10.0. The third-order valence-electron chi connectivity index (χ3n) is 3.90. The Kier molecular flexibility index (Phi) is 4.16. The molecule has 120 valence electrons. The average Bonchev–Trinajstić information content (AvgIpc) is 2.84. The summed E-state index contributed by atoms with van der Waals surface area (Å²) in [6.45, 7) is 0. The maximum absolute atomic E-state index is 11.1. The highest BCUT2D eigenvalue weighted by atomic mass is 32.2. The van der Waals surface area contributed by atoms with Crippen LogP contribution in [0.1, 0.15) is 11.1 Å². The largest absolute Gasteiger partial charge is 0.772 e. The van der Waals surface area contributed by atoms with E-state index in [-0.39, 0.29) is 12.2 Å². The lowest BCUT2D eigenvalue weighted by Gasteiger charge is -2.16. The zero-order valence-electron chi connectivity index (χ0n) is 12.0. The van der Waals surface area contributed by atoms with Gasteiger partial charge < -0.3 is 9.66 Å². The van der Waals surface area contributed by atoms with Gasteiger partial charge in [-0.3, -0.25) is 9.42 Å². The normalized spacial score (nSPS) is 17.8. The SMILES string of the molecule is O=C(O)C1Cc2ccc(-c3ccc(CS(=O)[O-])cc3)cc2N1O. The van der Waals surface area contributed by atoms with Gasteiger partial charge in [-0.2, -0.15) is 0 Å². The first-order chi connectivity index (χ1) is 11.0. The number of rotatable bonds is 4. The number of fused-ring (bicyclic) bond motifs is 1. The lowest BCUT2D eigenvalue weighted by molar-refractivity contribution is -0.139. The van der Waals surface area contributed by atoms with Crippen molar-refractivity contribution in [3.8, 4) is 11.1 Å². The molecular formula is C16H14NO5S-. The molecule has 0 aromatic heterocycles. The molecule has 1 aliphatic rings. The molecule has 0 bridgehead atoms. The van der Waals surface area contributed by atoms with E-state index in [1.165, 1.54) is 0 Å². The quantitative estimate of drug-likeness (QED) is 0.830. The third-order valence-corrected chi connectivity index (χ3v) is 4.47. The van der Waals surface area contributed by atoms with Crippen LogP contribution in [-0.2, 0) is 28.0 Å². The molecule has 0 spiro atoms. The summed E-state index contributed by atoms with van der Waals surface area (Å²) in [4.78, 5) is 11.1. The maximum atomic E-state index is 11.1. The summed E-state index contributed by atoms with van der Waals surface area (Å²) >= 11 is -2.13. The number of carboxylic acids is 1. The van der Waals surface area contributed by atoms with Crippen molar-refractivity contribution in [3.05, 3.63) is 53.6 Å². The Bertz CT molecular complexity index is 775. The number of carbonyl (C=O) groups is 1. The van der Waals surface area contributed by atoms with Gasteiger partial charge in [-0.1, -0.05) is 47.5 Å². The van der Waals surface area contributed by atoms with E-state index in [0.717, 1.165) is 21.8 Å². The van der Waals surface area contributed by atoms with Crippen LogP contribution in [0.2, 0.25) is 0 Å². The van der Waals surface area contributed by atoms with Crippen LogP contribution in [-0.4, -0.2) is 31.1 Å². The second-order valence-corrected chi connectivity index (χ2v) is 6.29. The fourth-order valence-electron chi connectivity index (χ4n) is 2.71. The minimum absolute atomic E-state index is 0.0326. The molecule has 3 rings (SSSR count). The number of hydrogen-bond acceptors (Lipinski definition) is 5. The fourth-order valence-corrected chi connectivity index (χ4v) is 3.18. The molecule has 6 nitrogen and oxygen atoms in total. The van der Waals surface area contributed by atoms with Crippen molar-refractivity contribution in [2.45, 2.75) is 18.2 Å². The van der Waals surface area contributed by atoms with Crippen LogP contribution in [0.25, 0.3) is 11.1 Å². The highest BCUT2D eigenvalue weighted by Crippen LogP contribution is 2.34. The molecule has 7 heteroatoms. The van der Waals surface area contributed by atoms with E-state index in [9.17, 15) is 18.8 Å². The monoisotopic (exact) mass is 332 g/mol. The Morgan fingerprint density at radius 1 is 1.22 bits per heavy atom. The molecule has 1 heterocycles. The predicted octanol–water partition coefficient (Wildman–Crippen LogP) is 1.94. The molecule has 2 unspecified atom stereocenters. The van der Waals surface area contributed by atoms with Gasteiger partial charge in [-0.05, 0) is 28.3 Å². The van der Waals surface area contributed by atoms with E-state index in [0.29, 0.717) is 11.3 Å². The lowest BCUT2D eigenvalue weighted by Crippen LogP contribution is -2.35. The van der Waals surface area contributed by atoms with E-state index < -0.39 is 23.1 Å². The second kappa shape index (κ2) is 6.11. The summed E-state index contributed by atoms with van der Waals surface area (Å²) in [7, 11) is 0. The Balaban J connectivity index is 1.89. The summed E-state index contributed by atoms with van der Waals surface area (Å²) in [5.74, 6) is -1.10. The number of hydrogen-bond donors (Lipinski definition) is 2. The molecule has 2 atom stereocenters. The summed E-state index contributed by atoms with van der Waals surface area (Å²) in [6, 6.07) is 11.5. The predicted molar refractivity (Wildman–Crippen MR) is 83.9 cm³/mol. The zero-order chi connectivity index (χ0) is 16.6. The molecule has 0 fully saturated rings. The van der Waals surface area contributed by atoms with E-state index in [1.807, 2.05) is 6.07 Å². The van der Waals surface area contributed by atoms with Crippen molar-refractivity contribution in [2.24, 2.45) is 0 Å². The van der Waals surface area contributed by atoms with Gasteiger partial charge in [0.2, 0.25) is 0 Å². The summed E-state index contributed by atoms with van der Waals surface area (Å²) in [5.41, 5.74) is 3.64. The maximum Gasteiger partial charge on any atom is 0.329 e. The zero-order valence-corrected chi connectivity index (χ0v) is 12.8. The van der Waals surface area contributed by atoms with E-state index >= 15 is 0 Å². The molecule has 2 aromatic rings. The molecule has 0 saturated carbocycles. The van der Waals surface area contributed by atoms with Gasteiger partial charge >= 0.3 is 5.97 Å². The molecule has 0 radical (unpaired) electrons. The smallest absolute Gasteiger partial charge is 0.329 e. The number of carboxylic acid groups (broad SMARTS) is 1. The molecule has 0 aliphatic carbocycles. The molecule has 0 amide bonds. The number of aliphatic carboxylic acids is 1. The van der Waals surface area contributed by atoms with Gasteiger partial charge in [0, 0.05) is 12.2 Å². The number of nitrogens with zero attached hydrogens (tertiary/aromatic N) is 1. The van der Waals surface area contributed by atoms with Crippen molar-refractivity contribution in [1.29, 1.82) is 0 Å². The number of hydroxylamine groups is 1. The minimum atomic E-state index is -2.13. The van der Waals surface area contributed by atoms with Crippen LogP contribution >= 0.6 is 0 Å². The minimum Gasteiger partial charge on any atom is -0.772 e. The van der Waals surface area contributed by atoms with Crippen molar-refractivity contribution in [1.82, 2.24) is 0 Å². The first-order valence-electron chi connectivity index (χ1n) is 6.94. The first-order valence-corrected chi connectivity index (χ1v) is 8.19. The van der Waals surface area contributed by atoms with Crippen LogP contribution in [0, 0.1) is 0 Å².